The zero-order chi connectivity index (χ0) is 17.2. The lowest BCUT2D eigenvalue weighted by Crippen LogP contribution is -2.29. The van der Waals surface area contributed by atoms with Crippen LogP contribution in [0.4, 0.5) is 0 Å². The van der Waals surface area contributed by atoms with Crippen LogP contribution in [0.2, 0.25) is 0 Å². The fourth-order valence-corrected chi connectivity index (χ4v) is 2.00. The molecular weight excluding hydrogens is 302 g/mol. The summed E-state index contributed by atoms with van der Waals surface area (Å²) >= 11 is 0. The van der Waals surface area contributed by atoms with Crippen molar-refractivity contribution in [2.45, 2.75) is 13.3 Å². The number of nitrogens with zero attached hydrogens (tertiary/aromatic N) is 1. The Morgan fingerprint density at radius 2 is 1.79 bits per heavy atom. The van der Waals surface area contributed by atoms with Gasteiger partial charge in [0.1, 0.15) is 0 Å². The molecule has 0 bridgehead atoms. The monoisotopic (exact) mass is 323 g/mol. The van der Waals surface area contributed by atoms with Gasteiger partial charge < -0.3 is 10.6 Å². The summed E-state index contributed by atoms with van der Waals surface area (Å²) in [6, 6.07) is 13.2. The normalized spacial score (nSPS) is 10.5. The van der Waals surface area contributed by atoms with E-state index >= 15 is 0 Å². The van der Waals surface area contributed by atoms with Crippen molar-refractivity contribution >= 4 is 17.9 Å². The number of hydrogen-bond acceptors (Lipinski definition) is 3. The first kappa shape index (κ1) is 17.4. The minimum Gasteiger partial charge on any atom is -0.352 e. The molecule has 2 N–H and O–H groups in total. The summed E-state index contributed by atoms with van der Waals surface area (Å²) in [7, 11) is 0. The van der Waals surface area contributed by atoms with Crippen LogP contribution in [0.3, 0.4) is 0 Å². The molecular formula is C19H21N3O2. The Labute approximate surface area is 141 Å². The van der Waals surface area contributed by atoms with Gasteiger partial charge in [-0.15, -0.1) is 0 Å². The molecule has 1 heterocycles. The van der Waals surface area contributed by atoms with E-state index in [9.17, 15) is 9.59 Å². The summed E-state index contributed by atoms with van der Waals surface area (Å²) in [6.07, 6.45) is 5.49. The van der Waals surface area contributed by atoms with E-state index in [2.05, 4.69) is 15.6 Å². The number of carbonyl (C=O) groups is 2. The minimum absolute atomic E-state index is 0.145. The zero-order valence-electron chi connectivity index (χ0n) is 13.7. The molecule has 5 nitrogen and oxygen atoms in total. The van der Waals surface area contributed by atoms with Crippen LogP contribution in [0.15, 0.2) is 54.7 Å². The van der Waals surface area contributed by atoms with Gasteiger partial charge in [0.25, 0.3) is 5.91 Å². The second kappa shape index (κ2) is 9.25. The smallest absolute Gasteiger partial charge is 0.252 e. The maximum atomic E-state index is 11.9. The molecule has 0 saturated carbocycles. The summed E-state index contributed by atoms with van der Waals surface area (Å²) < 4.78 is 0. The molecule has 124 valence electrons. The SMILES string of the molecule is Cc1ccc(C(=O)NCCCNC(=O)C=Cc2ccccc2)cn1. The predicted octanol–water partition coefficient (Wildman–Crippen LogP) is 2.34. The Hall–Kier alpha value is -2.95. The van der Waals surface area contributed by atoms with Crippen LogP contribution in [-0.4, -0.2) is 29.9 Å². The molecule has 1 aromatic heterocycles. The third-order valence-corrected chi connectivity index (χ3v) is 3.34. The molecule has 0 fully saturated rings. The Morgan fingerprint density at radius 3 is 2.50 bits per heavy atom. The van der Waals surface area contributed by atoms with Gasteiger partial charge in [0.15, 0.2) is 0 Å². The second-order valence-corrected chi connectivity index (χ2v) is 5.33. The van der Waals surface area contributed by atoms with Gasteiger partial charge >= 0.3 is 0 Å². The van der Waals surface area contributed by atoms with Crippen molar-refractivity contribution in [2.24, 2.45) is 0 Å². The van der Waals surface area contributed by atoms with E-state index in [0.717, 1.165) is 11.3 Å². The van der Waals surface area contributed by atoms with Crippen LogP contribution in [0, 0.1) is 6.92 Å². The van der Waals surface area contributed by atoms with Crippen molar-refractivity contribution in [1.29, 1.82) is 0 Å². The fraction of sp³-hybridized carbons (Fsp3) is 0.211. The van der Waals surface area contributed by atoms with Gasteiger partial charge in [-0.3, -0.25) is 14.6 Å². The molecule has 0 unspecified atom stereocenters. The molecule has 1 aromatic carbocycles. The highest BCUT2D eigenvalue weighted by Crippen LogP contribution is 2.00. The van der Waals surface area contributed by atoms with E-state index < -0.39 is 0 Å². The molecule has 0 saturated heterocycles. The number of benzene rings is 1. The van der Waals surface area contributed by atoms with Crippen molar-refractivity contribution in [3.8, 4) is 0 Å². The summed E-state index contributed by atoms with van der Waals surface area (Å²) in [6.45, 7) is 2.87. The van der Waals surface area contributed by atoms with Gasteiger partial charge in [0.05, 0.1) is 5.56 Å². The predicted molar refractivity (Wildman–Crippen MR) is 94.4 cm³/mol. The minimum atomic E-state index is -0.155. The van der Waals surface area contributed by atoms with Crippen LogP contribution >= 0.6 is 0 Å². The van der Waals surface area contributed by atoms with Crippen LogP contribution < -0.4 is 10.6 Å². The van der Waals surface area contributed by atoms with Crippen molar-refractivity contribution in [3.63, 3.8) is 0 Å². The highest BCUT2D eigenvalue weighted by atomic mass is 16.2. The van der Waals surface area contributed by atoms with Crippen LogP contribution in [0.1, 0.15) is 28.0 Å². The van der Waals surface area contributed by atoms with Gasteiger partial charge in [-0.25, -0.2) is 0 Å². The van der Waals surface area contributed by atoms with Crippen molar-refractivity contribution in [2.75, 3.05) is 13.1 Å². The standard InChI is InChI=1S/C19H21N3O2/c1-15-8-10-17(14-22-15)19(24)21-13-5-12-20-18(23)11-9-16-6-3-2-4-7-16/h2-4,6-11,14H,5,12-13H2,1H3,(H,20,23)(H,21,24). The largest absolute Gasteiger partial charge is 0.352 e. The molecule has 0 spiro atoms. The van der Waals surface area contributed by atoms with Gasteiger partial charge in [-0.2, -0.15) is 0 Å². The summed E-state index contributed by atoms with van der Waals surface area (Å²) in [4.78, 5) is 27.6. The van der Waals surface area contributed by atoms with E-state index in [4.69, 9.17) is 0 Å². The lowest BCUT2D eigenvalue weighted by molar-refractivity contribution is -0.116. The topological polar surface area (TPSA) is 71.1 Å². The molecule has 24 heavy (non-hydrogen) atoms. The molecule has 2 aromatic rings. The van der Waals surface area contributed by atoms with E-state index in [1.54, 1.807) is 24.4 Å². The summed E-state index contributed by atoms with van der Waals surface area (Å²) in [5, 5.41) is 5.59. The van der Waals surface area contributed by atoms with Gasteiger partial charge in [0, 0.05) is 31.1 Å². The number of amides is 2. The van der Waals surface area contributed by atoms with Crippen LogP contribution in [-0.2, 0) is 4.79 Å². The Balaban J connectivity index is 1.62. The van der Waals surface area contributed by atoms with Crippen molar-refractivity contribution in [3.05, 3.63) is 71.6 Å². The number of aromatic nitrogens is 1. The maximum absolute atomic E-state index is 11.9. The quantitative estimate of drug-likeness (QED) is 0.607. The van der Waals surface area contributed by atoms with Gasteiger partial charge in [-0.05, 0) is 37.1 Å². The lowest BCUT2D eigenvalue weighted by Gasteiger charge is -2.05. The van der Waals surface area contributed by atoms with Gasteiger partial charge in [-0.1, -0.05) is 30.3 Å². The van der Waals surface area contributed by atoms with E-state index in [1.165, 1.54) is 6.08 Å². The van der Waals surface area contributed by atoms with Crippen LogP contribution in [0.5, 0.6) is 0 Å². The van der Waals surface area contributed by atoms with Gasteiger partial charge in [0.2, 0.25) is 5.91 Å². The number of pyridine rings is 1. The zero-order valence-corrected chi connectivity index (χ0v) is 13.7. The number of hydrogen-bond donors (Lipinski definition) is 2. The lowest BCUT2D eigenvalue weighted by atomic mass is 10.2. The molecule has 5 heteroatoms. The maximum Gasteiger partial charge on any atom is 0.252 e. The number of rotatable bonds is 7. The first-order valence-corrected chi connectivity index (χ1v) is 7.87. The average Bonchev–Trinajstić information content (AvgIpc) is 2.61. The van der Waals surface area contributed by atoms with E-state index in [0.29, 0.717) is 25.1 Å². The molecule has 0 aliphatic carbocycles. The average molecular weight is 323 g/mol. The third-order valence-electron chi connectivity index (χ3n) is 3.34. The van der Waals surface area contributed by atoms with Crippen LogP contribution in [0.25, 0.3) is 6.08 Å². The third kappa shape index (κ3) is 6.04. The summed E-state index contributed by atoms with van der Waals surface area (Å²) in [5.74, 6) is -0.300. The number of nitrogens with one attached hydrogen (secondary N) is 2. The molecule has 0 aliphatic heterocycles. The molecule has 0 radical (unpaired) electrons. The van der Waals surface area contributed by atoms with E-state index in [-0.39, 0.29) is 11.8 Å². The molecule has 2 amide bonds. The Kier molecular flexibility index (Phi) is 6.71. The van der Waals surface area contributed by atoms with Crippen molar-refractivity contribution in [1.82, 2.24) is 15.6 Å². The highest BCUT2D eigenvalue weighted by Gasteiger charge is 2.04. The van der Waals surface area contributed by atoms with Crippen molar-refractivity contribution < 1.29 is 9.59 Å². The number of carbonyl (C=O) groups excluding carboxylic acids is 2. The first-order chi connectivity index (χ1) is 11.6. The first-order valence-electron chi connectivity index (χ1n) is 7.87. The highest BCUT2D eigenvalue weighted by molar-refractivity contribution is 5.93. The Morgan fingerprint density at radius 1 is 1.04 bits per heavy atom. The summed E-state index contributed by atoms with van der Waals surface area (Å²) in [5.41, 5.74) is 2.39. The number of aryl methyl sites for hydroxylation is 1. The Bertz CT molecular complexity index is 694. The second-order valence-electron chi connectivity index (χ2n) is 5.33. The van der Waals surface area contributed by atoms with E-state index in [1.807, 2.05) is 37.3 Å². The molecule has 0 atom stereocenters. The molecule has 0 aliphatic rings. The fourth-order valence-electron chi connectivity index (χ4n) is 2.00. The molecule has 2 rings (SSSR count).